The van der Waals surface area contributed by atoms with Gasteiger partial charge in [-0.2, -0.15) is 0 Å². The highest BCUT2D eigenvalue weighted by atomic mass is 16.3. The predicted octanol–water partition coefficient (Wildman–Crippen LogP) is 14.1. The molecule has 57 heavy (non-hydrogen) atoms. The molecule has 11 aromatic rings. The van der Waals surface area contributed by atoms with Gasteiger partial charge >= 0.3 is 0 Å². The molecule has 0 saturated heterocycles. The Morgan fingerprint density at radius 1 is 0.351 bits per heavy atom. The number of aromatic nitrogens is 3. The maximum absolute atomic E-state index is 6.56. The van der Waals surface area contributed by atoms with Gasteiger partial charge in [0.1, 0.15) is 11.1 Å². The molecule has 0 aliphatic rings. The van der Waals surface area contributed by atoms with Gasteiger partial charge in [0, 0.05) is 33.8 Å². The highest BCUT2D eigenvalue weighted by Crippen LogP contribution is 2.41. The molecule has 0 aliphatic heterocycles. The summed E-state index contributed by atoms with van der Waals surface area (Å²) in [7, 11) is 0. The fraction of sp³-hybridized carbons (Fsp3) is 0. The number of fused-ring (bicyclic) bond motifs is 6. The third-order valence-electron chi connectivity index (χ3n) is 10.9. The number of furan rings is 1. The minimum atomic E-state index is 0.640. The zero-order valence-corrected chi connectivity index (χ0v) is 30.8. The number of benzene rings is 8. The van der Waals surface area contributed by atoms with Crippen LogP contribution in [0.25, 0.3) is 111 Å². The van der Waals surface area contributed by atoms with Crippen molar-refractivity contribution in [3.05, 3.63) is 200 Å². The normalized spacial score (nSPS) is 11.5. The van der Waals surface area contributed by atoms with Gasteiger partial charge in [0.2, 0.25) is 0 Å². The minimum Gasteiger partial charge on any atom is -0.454 e. The summed E-state index contributed by atoms with van der Waals surface area (Å²) >= 11 is 0. The fourth-order valence-electron chi connectivity index (χ4n) is 8.14. The van der Waals surface area contributed by atoms with Crippen molar-refractivity contribution in [2.45, 2.75) is 0 Å². The molecule has 0 aliphatic carbocycles. The molecule has 0 atom stereocenters. The van der Waals surface area contributed by atoms with E-state index in [-0.39, 0.29) is 0 Å². The van der Waals surface area contributed by atoms with Gasteiger partial charge in [-0.3, -0.25) is 4.98 Å². The first-order chi connectivity index (χ1) is 28.2. The molecular weight excluding hydrogens is 695 g/mol. The van der Waals surface area contributed by atoms with Crippen LogP contribution < -0.4 is 0 Å². The van der Waals surface area contributed by atoms with Gasteiger partial charge in [-0.1, -0.05) is 146 Å². The summed E-state index contributed by atoms with van der Waals surface area (Å²) in [6, 6.07) is 68.0. The van der Waals surface area contributed by atoms with Gasteiger partial charge in [0.15, 0.2) is 11.4 Å². The van der Waals surface area contributed by atoms with Crippen LogP contribution in [0, 0.1) is 0 Å². The Labute approximate surface area is 329 Å². The maximum atomic E-state index is 6.56. The van der Waals surface area contributed by atoms with E-state index >= 15 is 0 Å². The van der Waals surface area contributed by atoms with Crippen molar-refractivity contribution in [3.8, 4) is 67.3 Å². The number of rotatable bonds is 6. The van der Waals surface area contributed by atoms with Crippen molar-refractivity contribution in [2.75, 3.05) is 0 Å². The van der Waals surface area contributed by atoms with Crippen molar-refractivity contribution in [3.63, 3.8) is 0 Å². The molecule has 0 saturated carbocycles. The second-order valence-electron chi connectivity index (χ2n) is 14.4. The zero-order chi connectivity index (χ0) is 37.7. The van der Waals surface area contributed by atoms with E-state index < -0.39 is 0 Å². The second-order valence-corrected chi connectivity index (χ2v) is 14.4. The third-order valence-corrected chi connectivity index (χ3v) is 10.9. The van der Waals surface area contributed by atoms with Crippen LogP contribution in [0.1, 0.15) is 0 Å². The molecule has 0 spiro atoms. The minimum absolute atomic E-state index is 0.640. The summed E-state index contributed by atoms with van der Waals surface area (Å²) in [5.74, 6) is 0.640. The van der Waals surface area contributed by atoms with Gasteiger partial charge in [-0.25, -0.2) is 9.97 Å². The Morgan fingerprint density at radius 3 is 1.65 bits per heavy atom. The van der Waals surface area contributed by atoms with Crippen molar-refractivity contribution < 1.29 is 4.42 Å². The molecule has 3 heterocycles. The molecule has 3 aromatic heterocycles. The quantitative estimate of drug-likeness (QED) is 0.160. The summed E-state index contributed by atoms with van der Waals surface area (Å²) in [5.41, 5.74) is 13.6. The van der Waals surface area contributed by atoms with Gasteiger partial charge in [0.25, 0.3) is 0 Å². The lowest BCUT2D eigenvalue weighted by Crippen LogP contribution is -1.97. The maximum Gasteiger partial charge on any atom is 0.161 e. The first-order valence-electron chi connectivity index (χ1n) is 19.2. The number of hydrogen-bond acceptors (Lipinski definition) is 4. The molecule has 0 unspecified atom stereocenters. The number of pyridine rings is 1. The van der Waals surface area contributed by atoms with Crippen LogP contribution in [0.15, 0.2) is 205 Å². The Kier molecular flexibility index (Phi) is 7.78. The van der Waals surface area contributed by atoms with Crippen molar-refractivity contribution >= 4 is 43.6 Å². The lowest BCUT2D eigenvalue weighted by atomic mass is 9.90. The molecule has 0 N–H and O–H groups in total. The van der Waals surface area contributed by atoms with E-state index in [1.54, 1.807) is 0 Å². The van der Waals surface area contributed by atoms with Crippen LogP contribution in [-0.4, -0.2) is 15.0 Å². The Balaban J connectivity index is 1.17. The van der Waals surface area contributed by atoms with Crippen LogP contribution in [0.5, 0.6) is 0 Å². The summed E-state index contributed by atoms with van der Waals surface area (Å²) in [5, 5.41) is 5.80. The van der Waals surface area contributed by atoms with E-state index in [4.69, 9.17) is 19.4 Å². The Bertz CT molecular complexity index is 3280. The number of para-hydroxylation sites is 1. The molecule has 11 rings (SSSR count). The zero-order valence-electron chi connectivity index (χ0n) is 30.8. The van der Waals surface area contributed by atoms with E-state index in [2.05, 4.69) is 158 Å². The SMILES string of the molecule is c1ccc(-c2ccc(-c3cc(-c4ccccc4)nc(-c4cc(-c5cc6ccccc6c6ccccc56)cc(-c5ccnc6c5oc5ccccc56)c4)n3)cc2)cc1. The highest BCUT2D eigenvalue weighted by molar-refractivity contribution is 6.14. The smallest absolute Gasteiger partial charge is 0.161 e. The van der Waals surface area contributed by atoms with Gasteiger partial charge < -0.3 is 4.42 Å². The van der Waals surface area contributed by atoms with Gasteiger partial charge in [-0.05, 0) is 97.9 Å². The molecule has 0 fully saturated rings. The topological polar surface area (TPSA) is 51.8 Å². The van der Waals surface area contributed by atoms with E-state index in [0.29, 0.717) is 5.82 Å². The molecule has 0 radical (unpaired) electrons. The Morgan fingerprint density at radius 2 is 0.895 bits per heavy atom. The third kappa shape index (κ3) is 5.83. The fourth-order valence-corrected chi connectivity index (χ4v) is 8.14. The average molecular weight is 728 g/mol. The average Bonchev–Trinajstić information content (AvgIpc) is 3.68. The first-order valence-corrected chi connectivity index (χ1v) is 19.2. The predicted molar refractivity (Wildman–Crippen MR) is 235 cm³/mol. The molecule has 8 aromatic carbocycles. The highest BCUT2D eigenvalue weighted by Gasteiger charge is 2.19. The van der Waals surface area contributed by atoms with Crippen molar-refractivity contribution in [1.29, 1.82) is 0 Å². The molecule has 0 bridgehead atoms. The van der Waals surface area contributed by atoms with Crippen LogP contribution >= 0.6 is 0 Å². The first kappa shape index (κ1) is 32.7. The summed E-state index contributed by atoms with van der Waals surface area (Å²) in [6.07, 6.45) is 1.88. The van der Waals surface area contributed by atoms with E-state index in [0.717, 1.165) is 78.0 Å². The number of nitrogens with zero attached hydrogens (tertiary/aromatic N) is 3. The lowest BCUT2D eigenvalue weighted by molar-refractivity contribution is 0.669. The Hall–Kier alpha value is -7.69. The second kappa shape index (κ2) is 13.6. The largest absolute Gasteiger partial charge is 0.454 e. The molecule has 266 valence electrons. The molecule has 0 amide bonds. The number of hydrogen-bond donors (Lipinski definition) is 0. The van der Waals surface area contributed by atoms with Crippen LogP contribution in [0.2, 0.25) is 0 Å². The standard InChI is InChI=1S/C53H33N3O/c1-3-13-34(14-4-1)35-23-25-37(26-24-35)49-33-48(36-15-5-2-6-16-36)55-53(56-49)41-30-39(43-27-28-54-51-46-21-11-12-22-50(46)57-52(43)51)29-40(31-41)47-32-38-17-7-8-18-42(38)44-19-9-10-20-45(44)47/h1-33H. The van der Waals surface area contributed by atoms with Crippen LogP contribution in [0.4, 0.5) is 0 Å². The molecular formula is C53H33N3O. The van der Waals surface area contributed by atoms with Crippen LogP contribution in [0.3, 0.4) is 0 Å². The van der Waals surface area contributed by atoms with E-state index in [9.17, 15) is 0 Å². The summed E-state index contributed by atoms with van der Waals surface area (Å²) in [6.45, 7) is 0. The summed E-state index contributed by atoms with van der Waals surface area (Å²) in [4.78, 5) is 15.4. The molecule has 4 heteroatoms. The van der Waals surface area contributed by atoms with Gasteiger partial charge in [-0.15, -0.1) is 0 Å². The van der Waals surface area contributed by atoms with E-state index in [1.165, 1.54) is 27.1 Å². The van der Waals surface area contributed by atoms with Gasteiger partial charge in [0.05, 0.1) is 11.4 Å². The van der Waals surface area contributed by atoms with E-state index in [1.807, 2.05) is 42.6 Å². The monoisotopic (exact) mass is 727 g/mol. The van der Waals surface area contributed by atoms with Crippen LogP contribution in [-0.2, 0) is 0 Å². The lowest BCUT2D eigenvalue weighted by Gasteiger charge is -2.15. The van der Waals surface area contributed by atoms with Crippen molar-refractivity contribution in [2.24, 2.45) is 0 Å². The van der Waals surface area contributed by atoms with Crippen molar-refractivity contribution in [1.82, 2.24) is 15.0 Å². The molecule has 4 nitrogen and oxygen atoms in total. The summed E-state index contributed by atoms with van der Waals surface area (Å²) < 4.78 is 6.56.